The van der Waals surface area contributed by atoms with Crippen LogP contribution in [0.3, 0.4) is 0 Å². The first kappa shape index (κ1) is 18.0. The molecule has 0 unspecified atom stereocenters. The third kappa shape index (κ3) is 5.37. The highest BCUT2D eigenvalue weighted by Crippen LogP contribution is 2.24. The van der Waals surface area contributed by atoms with Crippen LogP contribution < -0.4 is 0 Å². The van der Waals surface area contributed by atoms with Crippen molar-refractivity contribution < 1.29 is 24.3 Å². The molecule has 0 aromatic heterocycles. The molecule has 1 saturated carbocycles. The third-order valence-corrected chi connectivity index (χ3v) is 4.12. The molecule has 0 spiro atoms. The van der Waals surface area contributed by atoms with E-state index in [1.165, 1.54) is 5.06 Å². The average Bonchev–Trinajstić information content (AvgIpc) is 2.60. The zero-order valence-corrected chi connectivity index (χ0v) is 13.6. The fraction of sp³-hybridized carbons (Fsp3) is 0.500. The highest BCUT2D eigenvalue weighted by molar-refractivity contribution is 5.90. The van der Waals surface area contributed by atoms with Crippen molar-refractivity contribution in [2.75, 3.05) is 0 Å². The molecule has 0 atom stereocenters. The van der Waals surface area contributed by atoms with Crippen molar-refractivity contribution in [2.24, 2.45) is 0 Å². The van der Waals surface area contributed by atoms with E-state index in [1.807, 2.05) is 0 Å². The minimum Gasteiger partial charge on any atom is -0.481 e. The third-order valence-electron chi connectivity index (χ3n) is 4.12. The molecule has 0 bridgehead atoms. The van der Waals surface area contributed by atoms with E-state index >= 15 is 0 Å². The van der Waals surface area contributed by atoms with Gasteiger partial charge in [0.15, 0.2) is 0 Å². The highest BCUT2D eigenvalue weighted by Gasteiger charge is 2.29. The van der Waals surface area contributed by atoms with Crippen molar-refractivity contribution in [3.63, 3.8) is 0 Å². The van der Waals surface area contributed by atoms with Crippen LogP contribution in [0, 0.1) is 0 Å². The summed E-state index contributed by atoms with van der Waals surface area (Å²) in [6, 6.07) is 8.41. The Labute approximate surface area is 141 Å². The zero-order valence-electron chi connectivity index (χ0n) is 13.6. The van der Waals surface area contributed by atoms with Gasteiger partial charge < -0.3 is 9.94 Å². The maximum atomic E-state index is 12.4. The van der Waals surface area contributed by atoms with Gasteiger partial charge in [-0.2, -0.15) is 5.06 Å². The molecule has 2 rings (SSSR count). The van der Waals surface area contributed by atoms with Crippen molar-refractivity contribution in [3.05, 3.63) is 35.9 Å². The Balaban J connectivity index is 2.03. The van der Waals surface area contributed by atoms with Crippen LogP contribution in [0.5, 0.6) is 0 Å². The van der Waals surface area contributed by atoms with Crippen LogP contribution in [0.2, 0.25) is 0 Å². The quantitative estimate of drug-likeness (QED) is 0.808. The second kappa shape index (κ2) is 9.05. The van der Waals surface area contributed by atoms with E-state index < -0.39 is 11.9 Å². The van der Waals surface area contributed by atoms with Crippen LogP contribution in [0.4, 0.5) is 0 Å². The molecule has 6 nitrogen and oxygen atoms in total. The molecular weight excluding hydrogens is 310 g/mol. The lowest BCUT2D eigenvalue weighted by Gasteiger charge is -2.32. The molecular formula is C18H23NO5. The monoisotopic (exact) mass is 333 g/mol. The Kier molecular flexibility index (Phi) is 6.78. The predicted octanol–water partition coefficient (Wildman–Crippen LogP) is 3.17. The van der Waals surface area contributed by atoms with Crippen LogP contribution in [0.1, 0.15) is 61.7 Å². The molecule has 1 amide bonds. The number of carboxylic acid groups (broad SMARTS) is 1. The predicted molar refractivity (Wildman–Crippen MR) is 87.1 cm³/mol. The first-order valence-corrected chi connectivity index (χ1v) is 8.39. The SMILES string of the molecule is O=C(O)CCCC(=O)N(OC(=O)c1ccccc1)C1CCCCC1. The number of carbonyl (C=O) groups excluding carboxylic acids is 2. The van der Waals surface area contributed by atoms with Gasteiger partial charge in [-0.05, 0) is 31.4 Å². The molecule has 130 valence electrons. The first-order chi connectivity index (χ1) is 11.6. The Morgan fingerprint density at radius 1 is 1.04 bits per heavy atom. The molecule has 1 aromatic carbocycles. The minimum atomic E-state index is -0.937. The lowest BCUT2D eigenvalue weighted by Crippen LogP contribution is -2.42. The van der Waals surface area contributed by atoms with E-state index in [1.54, 1.807) is 30.3 Å². The number of carbonyl (C=O) groups is 3. The highest BCUT2D eigenvalue weighted by atomic mass is 16.7. The van der Waals surface area contributed by atoms with Gasteiger partial charge in [0.2, 0.25) is 0 Å². The maximum Gasteiger partial charge on any atom is 0.363 e. The number of amides is 1. The number of carboxylic acids is 1. The molecule has 1 fully saturated rings. The molecule has 1 aliphatic carbocycles. The minimum absolute atomic E-state index is 0.0604. The van der Waals surface area contributed by atoms with Gasteiger partial charge in [-0.15, -0.1) is 0 Å². The van der Waals surface area contributed by atoms with E-state index in [-0.39, 0.29) is 31.2 Å². The van der Waals surface area contributed by atoms with E-state index in [2.05, 4.69) is 0 Å². The van der Waals surface area contributed by atoms with Crippen molar-refractivity contribution in [1.29, 1.82) is 0 Å². The van der Waals surface area contributed by atoms with Crippen molar-refractivity contribution in [3.8, 4) is 0 Å². The molecule has 24 heavy (non-hydrogen) atoms. The van der Waals surface area contributed by atoms with Gasteiger partial charge in [0.05, 0.1) is 11.6 Å². The van der Waals surface area contributed by atoms with Crippen LogP contribution in [0.25, 0.3) is 0 Å². The summed E-state index contributed by atoms with van der Waals surface area (Å²) in [6.45, 7) is 0. The molecule has 6 heteroatoms. The lowest BCUT2D eigenvalue weighted by molar-refractivity contribution is -0.180. The fourth-order valence-electron chi connectivity index (χ4n) is 2.86. The van der Waals surface area contributed by atoms with Gasteiger partial charge in [0.25, 0.3) is 5.91 Å². The summed E-state index contributed by atoms with van der Waals surface area (Å²) in [5.74, 6) is -1.83. The van der Waals surface area contributed by atoms with Crippen LogP contribution in [-0.2, 0) is 14.4 Å². The zero-order chi connectivity index (χ0) is 17.4. The maximum absolute atomic E-state index is 12.4. The van der Waals surface area contributed by atoms with Crippen LogP contribution >= 0.6 is 0 Å². The summed E-state index contributed by atoms with van der Waals surface area (Å²) < 4.78 is 0. The van der Waals surface area contributed by atoms with Gasteiger partial charge in [0, 0.05) is 12.8 Å². The van der Waals surface area contributed by atoms with Crippen molar-refractivity contribution in [2.45, 2.75) is 57.4 Å². The number of nitrogens with zero attached hydrogens (tertiary/aromatic N) is 1. The number of hydrogen-bond donors (Lipinski definition) is 1. The summed E-state index contributed by atoms with van der Waals surface area (Å²) in [4.78, 5) is 40.7. The van der Waals surface area contributed by atoms with Gasteiger partial charge in [-0.1, -0.05) is 37.5 Å². The summed E-state index contributed by atoms with van der Waals surface area (Å²) in [6.07, 6.45) is 4.92. The number of hydroxylamine groups is 2. The Morgan fingerprint density at radius 2 is 1.71 bits per heavy atom. The van der Waals surface area contributed by atoms with Gasteiger partial charge in [-0.3, -0.25) is 9.59 Å². The van der Waals surface area contributed by atoms with Gasteiger partial charge >= 0.3 is 11.9 Å². The topological polar surface area (TPSA) is 83.9 Å². The standard InChI is InChI=1S/C18H23NO5/c20-16(12-7-13-17(21)22)19(15-10-5-2-6-11-15)24-18(23)14-8-3-1-4-9-14/h1,3-4,8-9,15H,2,5-7,10-13H2,(H,21,22). The Hall–Kier alpha value is -2.37. The molecule has 1 aromatic rings. The van der Waals surface area contributed by atoms with Gasteiger partial charge in [-0.25, -0.2) is 4.79 Å². The first-order valence-electron chi connectivity index (χ1n) is 8.39. The molecule has 1 N–H and O–H groups in total. The number of benzene rings is 1. The molecule has 0 heterocycles. The summed E-state index contributed by atoms with van der Waals surface area (Å²) >= 11 is 0. The Morgan fingerprint density at radius 3 is 2.33 bits per heavy atom. The summed E-state index contributed by atoms with van der Waals surface area (Å²) in [5.41, 5.74) is 0.386. The molecule has 0 saturated heterocycles. The second-order valence-electron chi connectivity index (χ2n) is 6.00. The van der Waals surface area contributed by atoms with Crippen LogP contribution in [-0.4, -0.2) is 34.1 Å². The number of hydrogen-bond acceptors (Lipinski definition) is 4. The number of rotatable bonds is 6. The normalized spacial score (nSPS) is 14.8. The van der Waals surface area contributed by atoms with E-state index in [9.17, 15) is 14.4 Å². The lowest BCUT2D eigenvalue weighted by atomic mass is 9.95. The summed E-state index contributed by atoms with van der Waals surface area (Å²) in [7, 11) is 0. The van der Waals surface area contributed by atoms with Gasteiger partial charge in [0.1, 0.15) is 0 Å². The van der Waals surface area contributed by atoms with E-state index in [4.69, 9.17) is 9.94 Å². The van der Waals surface area contributed by atoms with E-state index in [0.29, 0.717) is 5.56 Å². The largest absolute Gasteiger partial charge is 0.481 e. The van der Waals surface area contributed by atoms with E-state index in [0.717, 1.165) is 32.1 Å². The Bertz CT molecular complexity index is 566. The molecule has 0 radical (unpaired) electrons. The molecule has 1 aliphatic rings. The average molecular weight is 333 g/mol. The smallest absolute Gasteiger partial charge is 0.363 e. The summed E-state index contributed by atoms with van der Waals surface area (Å²) in [5, 5.41) is 9.89. The molecule has 0 aliphatic heterocycles. The fourth-order valence-corrected chi connectivity index (χ4v) is 2.86. The van der Waals surface area contributed by atoms with Crippen molar-refractivity contribution in [1.82, 2.24) is 5.06 Å². The van der Waals surface area contributed by atoms with Crippen LogP contribution in [0.15, 0.2) is 30.3 Å². The van der Waals surface area contributed by atoms with Crippen molar-refractivity contribution >= 4 is 17.8 Å². The number of aliphatic carboxylic acids is 1. The second-order valence-corrected chi connectivity index (χ2v) is 6.00.